The molecule has 3 aliphatic heterocycles. The van der Waals surface area contributed by atoms with Gasteiger partial charge < -0.3 is 24.8 Å². The summed E-state index contributed by atoms with van der Waals surface area (Å²) in [7, 11) is 0. The first-order valence-corrected chi connectivity index (χ1v) is 12.0. The first-order valence-electron chi connectivity index (χ1n) is 12.0. The van der Waals surface area contributed by atoms with Gasteiger partial charge in [0, 0.05) is 45.0 Å². The number of piperazine rings is 1. The summed E-state index contributed by atoms with van der Waals surface area (Å²) in [6.07, 6.45) is 0. The van der Waals surface area contributed by atoms with Gasteiger partial charge in [0.1, 0.15) is 0 Å². The Labute approximate surface area is 204 Å². The van der Waals surface area contributed by atoms with E-state index in [1.807, 2.05) is 42.5 Å². The van der Waals surface area contributed by atoms with Gasteiger partial charge in [0.05, 0.1) is 18.2 Å². The van der Waals surface area contributed by atoms with Crippen LogP contribution in [-0.2, 0) is 16.1 Å². The van der Waals surface area contributed by atoms with Crippen LogP contribution in [0.25, 0.3) is 0 Å². The molecule has 0 saturated carbocycles. The summed E-state index contributed by atoms with van der Waals surface area (Å²) < 4.78 is 16.3. The van der Waals surface area contributed by atoms with Crippen molar-refractivity contribution in [2.24, 2.45) is 0 Å². The lowest BCUT2D eigenvalue weighted by Crippen LogP contribution is -2.51. The van der Waals surface area contributed by atoms with E-state index in [2.05, 4.69) is 26.5 Å². The number of carbonyl (C=O) groups is 2. The molecular weight excluding hydrogens is 448 g/mol. The van der Waals surface area contributed by atoms with E-state index < -0.39 is 12.0 Å². The lowest BCUT2D eigenvalue weighted by molar-refractivity contribution is -0.139. The monoisotopic (exact) mass is 478 g/mol. The lowest BCUT2D eigenvalue weighted by atomic mass is 9.95. The van der Waals surface area contributed by atoms with Crippen LogP contribution in [0.15, 0.2) is 59.8 Å². The Hall–Kier alpha value is -3.56. The average molecular weight is 479 g/mol. The van der Waals surface area contributed by atoms with Crippen molar-refractivity contribution >= 4 is 12.0 Å². The molecule has 2 aromatic carbocycles. The van der Waals surface area contributed by atoms with E-state index in [4.69, 9.17) is 14.2 Å². The Balaban J connectivity index is 1.27. The van der Waals surface area contributed by atoms with E-state index in [0.717, 1.165) is 49.8 Å². The van der Waals surface area contributed by atoms with Crippen LogP contribution in [0.1, 0.15) is 24.1 Å². The van der Waals surface area contributed by atoms with Gasteiger partial charge in [-0.15, -0.1) is 0 Å². The molecule has 2 N–H and O–H groups in total. The number of nitrogens with zero attached hydrogens (tertiary/aromatic N) is 2. The molecule has 184 valence electrons. The number of ether oxygens (including phenoxy) is 3. The first kappa shape index (κ1) is 23.2. The zero-order valence-electron chi connectivity index (χ0n) is 19.8. The van der Waals surface area contributed by atoms with Gasteiger partial charge in [-0.05, 0) is 30.2 Å². The summed E-state index contributed by atoms with van der Waals surface area (Å²) in [6.45, 7) is 7.04. The standard InChI is InChI=1S/C26H30N4O5/c1-2-33-25(31)23-20(27-26(32)28-24(23)19-6-4-3-5-7-19)16-30-12-10-29(11-13-30)15-18-8-9-21-22(14-18)35-17-34-21/h3-9,14,24H,2,10-13,15-17H2,1H3,(H2,27,28,32). The number of nitrogens with one attached hydrogen (secondary N) is 2. The Morgan fingerprint density at radius 3 is 2.46 bits per heavy atom. The van der Waals surface area contributed by atoms with E-state index in [-0.39, 0.29) is 19.4 Å². The number of fused-ring (bicyclic) bond motifs is 1. The van der Waals surface area contributed by atoms with E-state index in [1.165, 1.54) is 5.56 Å². The molecule has 0 bridgehead atoms. The molecule has 0 spiro atoms. The summed E-state index contributed by atoms with van der Waals surface area (Å²) in [6, 6.07) is 14.7. The minimum absolute atomic E-state index is 0.267. The summed E-state index contributed by atoms with van der Waals surface area (Å²) in [4.78, 5) is 30.1. The smallest absolute Gasteiger partial charge is 0.338 e. The number of hydrogen-bond donors (Lipinski definition) is 2. The third-order valence-electron chi connectivity index (χ3n) is 6.47. The van der Waals surface area contributed by atoms with Gasteiger partial charge in [0.2, 0.25) is 6.79 Å². The van der Waals surface area contributed by atoms with Gasteiger partial charge in [0.25, 0.3) is 0 Å². The number of urea groups is 1. The molecule has 2 aromatic rings. The Bertz CT molecular complexity index is 1110. The van der Waals surface area contributed by atoms with Gasteiger partial charge >= 0.3 is 12.0 Å². The van der Waals surface area contributed by atoms with Gasteiger partial charge in [-0.1, -0.05) is 36.4 Å². The Kier molecular flexibility index (Phi) is 6.87. The van der Waals surface area contributed by atoms with Crippen LogP contribution in [0.3, 0.4) is 0 Å². The maximum atomic E-state index is 13.0. The highest BCUT2D eigenvalue weighted by molar-refractivity contribution is 5.95. The van der Waals surface area contributed by atoms with E-state index in [9.17, 15) is 9.59 Å². The highest BCUT2D eigenvalue weighted by atomic mass is 16.7. The molecule has 9 nitrogen and oxygen atoms in total. The second kappa shape index (κ2) is 10.4. The van der Waals surface area contributed by atoms with Crippen LogP contribution in [-0.4, -0.2) is 67.9 Å². The molecule has 9 heteroatoms. The largest absolute Gasteiger partial charge is 0.463 e. The fraction of sp³-hybridized carbons (Fsp3) is 0.385. The third-order valence-corrected chi connectivity index (χ3v) is 6.47. The molecule has 3 heterocycles. The minimum atomic E-state index is -0.550. The molecule has 0 aliphatic carbocycles. The fourth-order valence-corrected chi connectivity index (χ4v) is 4.71. The van der Waals surface area contributed by atoms with Gasteiger partial charge in [0.15, 0.2) is 11.5 Å². The predicted octanol–water partition coefficient (Wildman–Crippen LogP) is 2.40. The maximum Gasteiger partial charge on any atom is 0.338 e. The van der Waals surface area contributed by atoms with E-state index >= 15 is 0 Å². The highest BCUT2D eigenvalue weighted by Gasteiger charge is 2.34. The number of carbonyl (C=O) groups excluding carboxylic acids is 2. The van der Waals surface area contributed by atoms with Gasteiger partial charge in [-0.25, -0.2) is 9.59 Å². The van der Waals surface area contributed by atoms with Crippen LogP contribution in [0.2, 0.25) is 0 Å². The quantitative estimate of drug-likeness (QED) is 0.591. The molecule has 3 aliphatic rings. The normalized spacial score (nSPS) is 20.4. The van der Waals surface area contributed by atoms with E-state index in [1.54, 1.807) is 6.92 Å². The molecule has 2 amide bonds. The van der Waals surface area contributed by atoms with Crippen molar-refractivity contribution in [1.82, 2.24) is 20.4 Å². The predicted molar refractivity (Wildman–Crippen MR) is 129 cm³/mol. The molecule has 35 heavy (non-hydrogen) atoms. The maximum absolute atomic E-state index is 13.0. The van der Waals surface area contributed by atoms with E-state index in [0.29, 0.717) is 17.8 Å². The summed E-state index contributed by atoms with van der Waals surface area (Å²) in [5.41, 5.74) is 3.09. The van der Waals surface area contributed by atoms with Gasteiger partial charge in [-0.2, -0.15) is 0 Å². The second-order valence-electron chi connectivity index (χ2n) is 8.79. The highest BCUT2D eigenvalue weighted by Crippen LogP contribution is 2.33. The first-order chi connectivity index (χ1) is 17.1. The number of benzene rings is 2. The third kappa shape index (κ3) is 5.26. The van der Waals surface area contributed by atoms with Crippen molar-refractivity contribution in [3.8, 4) is 11.5 Å². The number of amides is 2. The molecule has 5 rings (SSSR count). The zero-order chi connectivity index (χ0) is 24.2. The lowest BCUT2D eigenvalue weighted by Gasteiger charge is -2.37. The molecule has 1 saturated heterocycles. The van der Waals surface area contributed by atoms with Crippen LogP contribution in [0.4, 0.5) is 4.79 Å². The molecular formula is C26H30N4O5. The Morgan fingerprint density at radius 2 is 1.71 bits per heavy atom. The SMILES string of the molecule is CCOC(=O)C1=C(CN2CCN(Cc3ccc4c(c3)OCO4)CC2)NC(=O)NC1c1ccccc1. The molecule has 1 fully saturated rings. The van der Waals surface area contributed by atoms with Crippen molar-refractivity contribution in [3.63, 3.8) is 0 Å². The fourth-order valence-electron chi connectivity index (χ4n) is 4.71. The van der Waals surface area contributed by atoms with Gasteiger partial charge in [-0.3, -0.25) is 9.80 Å². The summed E-state index contributed by atoms with van der Waals surface area (Å²) in [5.74, 6) is 1.18. The minimum Gasteiger partial charge on any atom is -0.463 e. The molecule has 1 atom stereocenters. The topological polar surface area (TPSA) is 92.4 Å². The van der Waals surface area contributed by atoms with Crippen molar-refractivity contribution < 1.29 is 23.8 Å². The van der Waals surface area contributed by atoms with Crippen LogP contribution >= 0.6 is 0 Å². The van der Waals surface area contributed by atoms with Crippen molar-refractivity contribution in [2.75, 3.05) is 46.1 Å². The van der Waals surface area contributed by atoms with Crippen LogP contribution < -0.4 is 20.1 Å². The van der Waals surface area contributed by atoms with Crippen molar-refractivity contribution in [1.29, 1.82) is 0 Å². The van der Waals surface area contributed by atoms with Crippen LogP contribution in [0.5, 0.6) is 11.5 Å². The summed E-state index contributed by atoms with van der Waals surface area (Å²) >= 11 is 0. The number of rotatable bonds is 7. The summed E-state index contributed by atoms with van der Waals surface area (Å²) in [5, 5.41) is 5.76. The van der Waals surface area contributed by atoms with Crippen molar-refractivity contribution in [3.05, 3.63) is 70.9 Å². The molecule has 0 radical (unpaired) electrons. The number of hydrogen-bond acceptors (Lipinski definition) is 7. The van der Waals surface area contributed by atoms with Crippen LogP contribution in [0, 0.1) is 0 Å². The molecule has 1 unspecified atom stereocenters. The average Bonchev–Trinajstić information content (AvgIpc) is 3.33. The number of esters is 1. The zero-order valence-corrected chi connectivity index (χ0v) is 19.8. The van der Waals surface area contributed by atoms with Crippen molar-refractivity contribution in [2.45, 2.75) is 19.5 Å². The Morgan fingerprint density at radius 1 is 1.00 bits per heavy atom. The second-order valence-corrected chi connectivity index (χ2v) is 8.79. The molecule has 0 aromatic heterocycles.